The molecule has 3 N–H and O–H groups in total. The van der Waals surface area contributed by atoms with Crippen LogP contribution in [0.5, 0.6) is 17.2 Å². The summed E-state index contributed by atoms with van der Waals surface area (Å²) in [6.07, 6.45) is 0.649. The second kappa shape index (κ2) is 10.0. The van der Waals surface area contributed by atoms with Crippen molar-refractivity contribution in [2.75, 3.05) is 20.8 Å². The van der Waals surface area contributed by atoms with Crippen molar-refractivity contribution in [3.8, 4) is 17.2 Å². The number of nitrogens with zero attached hydrogens (tertiary/aromatic N) is 1. The molecule has 3 aromatic carbocycles. The van der Waals surface area contributed by atoms with Gasteiger partial charge in [0.05, 0.1) is 26.3 Å². The zero-order valence-electron chi connectivity index (χ0n) is 20.5. The number of hydrazine groups is 1. The highest BCUT2D eigenvalue weighted by Gasteiger charge is 2.55. The van der Waals surface area contributed by atoms with E-state index in [0.717, 1.165) is 22.3 Å². The van der Waals surface area contributed by atoms with E-state index in [1.54, 1.807) is 20.3 Å². The number of rotatable bonds is 7. The smallest absolute Gasteiger partial charge is 0.242 e. The van der Waals surface area contributed by atoms with Crippen LogP contribution in [0.2, 0.25) is 5.02 Å². The van der Waals surface area contributed by atoms with E-state index in [-0.39, 0.29) is 29.7 Å². The number of ether oxygens (including phenoxy) is 2. The van der Waals surface area contributed by atoms with Gasteiger partial charge in [0, 0.05) is 23.0 Å². The Labute approximate surface area is 215 Å². The molecule has 36 heavy (non-hydrogen) atoms. The molecule has 188 valence electrons. The highest BCUT2D eigenvalue weighted by atomic mass is 35.5. The highest BCUT2D eigenvalue weighted by Crippen LogP contribution is 2.49. The van der Waals surface area contributed by atoms with Gasteiger partial charge in [0.2, 0.25) is 5.91 Å². The van der Waals surface area contributed by atoms with Gasteiger partial charge in [0.1, 0.15) is 11.8 Å². The molecule has 0 bridgehead atoms. The van der Waals surface area contributed by atoms with Gasteiger partial charge in [-0.3, -0.25) is 4.79 Å². The van der Waals surface area contributed by atoms with Gasteiger partial charge in [-0.2, -0.15) is 0 Å². The van der Waals surface area contributed by atoms with E-state index in [2.05, 4.69) is 10.9 Å². The number of phenols is 1. The van der Waals surface area contributed by atoms with Gasteiger partial charge in [-0.15, -0.1) is 0 Å². The summed E-state index contributed by atoms with van der Waals surface area (Å²) < 4.78 is 10.8. The first-order valence-electron chi connectivity index (χ1n) is 12.0. The van der Waals surface area contributed by atoms with E-state index in [9.17, 15) is 9.90 Å². The maximum absolute atomic E-state index is 13.7. The second-order valence-electron chi connectivity index (χ2n) is 9.35. The maximum Gasteiger partial charge on any atom is 0.242 e. The zero-order valence-corrected chi connectivity index (χ0v) is 21.3. The number of hydrogen-bond acceptors (Lipinski definition) is 6. The first kappa shape index (κ1) is 24.4. The predicted molar refractivity (Wildman–Crippen MR) is 138 cm³/mol. The molecule has 2 aliphatic rings. The molecule has 2 saturated heterocycles. The Morgan fingerprint density at radius 1 is 0.972 bits per heavy atom. The number of carbonyl (C=O) groups excluding carboxylic acids is 1. The zero-order chi connectivity index (χ0) is 25.4. The summed E-state index contributed by atoms with van der Waals surface area (Å²) in [5, 5.41) is 11.3. The lowest BCUT2D eigenvalue weighted by molar-refractivity contribution is -0.130. The fourth-order valence-electron chi connectivity index (χ4n) is 5.51. The number of hydrogen-bond donors (Lipinski definition) is 3. The van der Waals surface area contributed by atoms with Crippen molar-refractivity contribution >= 4 is 17.5 Å². The van der Waals surface area contributed by atoms with Gasteiger partial charge < -0.3 is 19.5 Å². The van der Waals surface area contributed by atoms with Crippen molar-refractivity contribution in [1.82, 2.24) is 15.8 Å². The number of amides is 1. The average Bonchev–Trinajstić information content (AvgIpc) is 3.42. The van der Waals surface area contributed by atoms with E-state index in [1.807, 2.05) is 66.4 Å². The molecule has 3 aromatic rings. The van der Waals surface area contributed by atoms with E-state index >= 15 is 0 Å². The van der Waals surface area contributed by atoms with Crippen LogP contribution in [0.4, 0.5) is 0 Å². The number of benzene rings is 3. The summed E-state index contributed by atoms with van der Waals surface area (Å²) in [7, 11) is 3.22. The van der Waals surface area contributed by atoms with Crippen molar-refractivity contribution in [3.63, 3.8) is 0 Å². The SMILES string of the molecule is COc1ccc(CCN2C(=O)C3NNC(c4cc(C)ccc4O)C3C2c2cccc(Cl)c2)cc1OC. The summed E-state index contributed by atoms with van der Waals surface area (Å²) in [4.78, 5) is 15.6. The molecule has 0 spiro atoms. The average molecular weight is 508 g/mol. The standard InChI is InChI=1S/C28H30ClN3O4/c1-16-7-9-21(33)20(13-16)25-24-26(31-30-25)28(34)32(27(24)18-5-4-6-19(29)15-18)12-11-17-8-10-22(35-2)23(14-17)36-3/h4-10,13-15,24-27,30-31,33H,11-12H2,1-3H3. The molecule has 4 unspecified atom stereocenters. The molecule has 0 radical (unpaired) electrons. The number of aryl methyl sites for hydroxylation is 1. The van der Waals surface area contributed by atoms with Crippen molar-refractivity contribution < 1.29 is 19.4 Å². The minimum Gasteiger partial charge on any atom is -0.508 e. The molecular formula is C28H30ClN3O4. The van der Waals surface area contributed by atoms with Crippen molar-refractivity contribution in [1.29, 1.82) is 0 Å². The fraction of sp³-hybridized carbons (Fsp3) is 0.321. The molecule has 4 atom stereocenters. The van der Waals surface area contributed by atoms with Crippen LogP contribution >= 0.6 is 11.6 Å². The Bertz CT molecular complexity index is 1280. The van der Waals surface area contributed by atoms with Gasteiger partial charge in [-0.1, -0.05) is 47.5 Å². The molecule has 7 nitrogen and oxygen atoms in total. The molecule has 2 fully saturated rings. The topological polar surface area (TPSA) is 83.1 Å². The normalized spacial score (nSPS) is 23.1. The van der Waals surface area contributed by atoms with Gasteiger partial charge in [0.15, 0.2) is 11.5 Å². The summed E-state index contributed by atoms with van der Waals surface area (Å²) in [5.41, 5.74) is 10.3. The van der Waals surface area contributed by atoms with Gasteiger partial charge in [0.25, 0.3) is 0 Å². The molecule has 1 amide bonds. The molecule has 0 saturated carbocycles. The van der Waals surface area contributed by atoms with Crippen LogP contribution in [0.3, 0.4) is 0 Å². The number of phenolic OH excluding ortho intramolecular Hbond substituents is 1. The Morgan fingerprint density at radius 3 is 2.50 bits per heavy atom. The molecule has 0 aromatic heterocycles. The van der Waals surface area contributed by atoms with Crippen LogP contribution in [0.15, 0.2) is 60.7 Å². The van der Waals surface area contributed by atoms with Crippen molar-refractivity contribution in [3.05, 3.63) is 87.9 Å². The van der Waals surface area contributed by atoms with E-state index in [4.69, 9.17) is 21.1 Å². The minimum atomic E-state index is -0.427. The lowest BCUT2D eigenvalue weighted by Crippen LogP contribution is -2.42. The molecule has 8 heteroatoms. The summed E-state index contributed by atoms with van der Waals surface area (Å²) in [6, 6.07) is 18.2. The minimum absolute atomic E-state index is 0.0209. The number of aromatic hydroxyl groups is 1. The number of carbonyl (C=O) groups is 1. The first-order chi connectivity index (χ1) is 17.4. The summed E-state index contributed by atoms with van der Waals surface area (Å²) >= 11 is 6.38. The number of methoxy groups -OCH3 is 2. The van der Waals surface area contributed by atoms with Crippen LogP contribution in [-0.2, 0) is 11.2 Å². The lowest BCUT2D eigenvalue weighted by atomic mass is 9.83. The fourth-order valence-corrected chi connectivity index (χ4v) is 5.71. The number of halogens is 1. The predicted octanol–water partition coefficient (Wildman–Crippen LogP) is 4.33. The number of likely N-dealkylation sites (tertiary alicyclic amines) is 1. The summed E-state index contributed by atoms with van der Waals surface area (Å²) in [5.74, 6) is 1.41. The Balaban J connectivity index is 1.50. The maximum atomic E-state index is 13.7. The summed E-state index contributed by atoms with van der Waals surface area (Å²) in [6.45, 7) is 2.51. The van der Waals surface area contributed by atoms with Gasteiger partial charge in [-0.05, 0) is 54.8 Å². The second-order valence-corrected chi connectivity index (χ2v) is 9.79. The number of fused-ring (bicyclic) bond motifs is 1. The van der Waals surface area contributed by atoms with Crippen LogP contribution in [0.25, 0.3) is 0 Å². The monoisotopic (exact) mass is 507 g/mol. The largest absolute Gasteiger partial charge is 0.508 e. The number of nitrogens with one attached hydrogen (secondary N) is 2. The third-order valence-electron chi connectivity index (χ3n) is 7.21. The van der Waals surface area contributed by atoms with Crippen LogP contribution < -0.4 is 20.3 Å². The van der Waals surface area contributed by atoms with E-state index < -0.39 is 6.04 Å². The van der Waals surface area contributed by atoms with Crippen molar-refractivity contribution in [2.24, 2.45) is 5.92 Å². The van der Waals surface area contributed by atoms with Crippen LogP contribution in [-0.4, -0.2) is 42.7 Å². The van der Waals surface area contributed by atoms with E-state index in [1.165, 1.54) is 0 Å². The van der Waals surface area contributed by atoms with Crippen LogP contribution in [0.1, 0.15) is 34.3 Å². The Hall–Kier alpha value is -3.26. The quantitative estimate of drug-likeness (QED) is 0.441. The third-order valence-corrected chi connectivity index (χ3v) is 7.45. The Kier molecular flexibility index (Phi) is 6.79. The first-order valence-corrected chi connectivity index (χ1v) is 12.4. The third kappa shape index (κ3) is 4.39. The molecular weight excluding hydrogens is 478 g/mol. The molecule has 0 aliphatic carbocycles. The van der Waals surface area contributed by atoms with E-state index in [0.29, 0.717) is 29.5 Å². The lowest BCUT2D eigenvalue weighted by Gasteiger charge is -2.31. The van der Waals surface area contributed by atoms with Gasteiger partial charge >= 0.3 is 0 Å². The van der Waals surface area contributed by atoms with Crippen LogP contribution in [0, 0.1) is 12.8 Å². The molecule has 2 heterocycles. The Morgan fingerprint density at radius 2 is 1.75 bits per heavy atom. The molecule has 5 rings (SSSR count). The molecule has 2 aliphatic heterocycles. The van der Waals surface area contributed by atoms with Crippen molar-refractivity contribution in [2.45, 2.75) is 31.5 Å². The highest BCUT2D eigenvalue weighted by molar-refractivity contribution is 6.30. The van der Waals surface area contributed by atoms with Gasteiger partial charge in [-0.25, -0.2) is 10.9 Å².